The molecule has 0 bridgehead atoms. The van der Waals surface area contributed by atoms with Crippen molar-refractivity contribution in [2.75, 3.05) is 6.54 Å². The molecule has 1 aliphatic heterocycles. The number of thioether (sulfide) groups is 1. The zero-order valence-corrected chi connectivity index (χ0v) is 21.4. The predicted octanol–water partition coefficient (Wildman–Crippen LogP) is 6.58. The molecule has 176 valence electrons. The first-order chi connectivity index (χ1) is 16.4. The highest BCUT2D eigenvalue weighted by Crippen LogP contribution is 2.36. The average Bonchev–Trinajstić information content (AvgIpc) is 3.08. The number of aromatic nitrogens is 2. The number of unbranched alkanes of at least 4 members (excludes halogenated alkanes) is 3. The van der Waals surface area contributed by atoms with Gasteiger partial charge in [-0.1, -0.05) is 79.4 Å². The number of pyridine rings is 1. The van der Waals surface area contributed by atoms with Crippen molar-refractivity contribution in [3.8, 4) is 11.6 Å². The maximum atomic E-state index is 13.4. The summed E-state index contributed by atoms with van der Waals surface area (Å²) in [5, 5.41) is 0.721. The summed E-state index contributed by atoms with van der Waals surface area (Å²) in [6, 6.07) is 9.95. The van der Waals surface area contributed by atoms with Crippen LogP contribution in [0.25, 0.3) is 11.7 Å². The number of halogens is 2. The number of benzene rings is 1. The van der Waals surface area contributed by atoms with E-state index >= 15 is 0 Å². The quantitative estimate of drug-likeness (QED) is 0.185. The van der Waals surface area contributed by atoms with Crippen LogP contribution in [0.3, 0.4) is 0 Å². The van der Waals surface area contributed by atoms with Crippen LogP contribution in [0.1, 0.15) is 38.2 Å². The Morgan fingerprint density at radius 2 is 1.97 bits per heavy atom. The van der Waals surface area contributed by atoms with Gasteiger partial charge in [-0.05, 0) is 42.8 Å². The number of fused-ring (bicyclic) bond motifs is 1. The van der Waals surface area contributed by atoms with Gasteiger partial charge in [0.1, 0.15) is 21.3 Å². The minimum absolute atomic E-state index is 0.0358. The van der Waals surface area contributed by atoms with Gasteiger partial charge in [0, 0.05) is 17.8 Å². The number of rotatable bonds is 8. The molecule has 2 aromatic heterocycles. The molecular weight excluding hydrogens is 513 g/mol. The first-order valence-corrected chi connectivity index (χ1v) is 12.8. The van der Waals surface area contributed by atoms with Crippen LogP contribution in [0.4, 0.5) is 0 Å². The monoisotopic (exact) mass is 533 g/mol. The molecule has 0 unspecified atom stereocenters. The smallest absolute Gasteiger partial charge is 0.269 e. The van der Waals surface area contributed by atoms with Gasteiger partial charge in [0.25, 0.3) is 11.5 Å². The summed E-state index contributed by atoms with van der Waals surface area (Å²) in [6.07, 6.45) is 7.23. The van der Waals surface area contributed by atoms with Crippen LogP contribution in [0.2, 0.25) is 10.0 Å². The lowest BCUT2D eigenvalue weighted by Crippen LogP contribution is -2.29. The zero-order chi connectivity index (χ0) is 24.2. The number of hydrogen-bond donors (Lipinski definition) is 0. The molecule has 10 heteroatoms. The molecule has 3 heterocycles. The van der Waals surface area contributed by atoms with Crippen molar-refractivity contribution in [1.82, 2.24) is 14.3 Å². The summed E-state index contributed by atoms with van der Waals surface area (Å²) < 4.78 is 7.82. The second-order valence-electron chi connectivity index (χ2n) is 7.64. The van der Waals surface area contributed by atoms with Gasteiger partial charge in [-0.3, -0.25) is 18.9 Å². The summed E-state index contributed by atoms with van der Waals surface area (Å²) in [5.74, 6) is 0.101. The van der Waals surface area contributed by atoms with Crippen LogP contribution in [0.5, 0.6) is 11.6 Å². The molecule has 6 nitrogen and oxygen atoms in total. The van der Waals surface area contributed by atoms with E-state index in [0.29, 0.717) is 26.4 Å². The molecule has 0 N–H and O–H groups in total. The molecule has 1 fully saturated rings. The third-order valence-electron chi connectivity index (χ3n) is 5.22. The van der Waals surface area contributed by atoms with Crippen LogP contribution in [-0.4, -0.2) is 31.1 Å². The van der Waals surface area contributed by atoms with Crippen molar-refractivity contribution in [1.29, 1.82) is 0 Å². The van der Waals surface area contributed by atoms with Gasteiger partial charge in [0.2, 0.25) is 5.88 Å². The molecule has 0 aliphatic carbocycles. The molecule has 1 amide bonds. The molecule has 1 aromatic carbocycles. The van der Waals surface area contributed by atoms with E-state index in [1.807, 2.05) is 0 Å². The van der Waals surface area contributed by atoms with Crippen LogP contribution in [-0.2, 0) is 4.79 Å². The number of carbonyl (C=O) groups is 1. The van der Waals surface area contributed by atoms with E-state index < -0.39 is 0 Å². The minimum Gasteiger partial charge on any atom is -0.437 e. The third kappa shape index (κ3) is 5.30. The fourth-order valence-electron chi connectivity index (χ4n) is 3.47. The van der Waals surface area contributed by atoms with Gasteiger partial charge in [-0.15, -0.1) is 0 Å². The van der Waals surface area contributed by atoms with E-state index in [-0.39, 0.29) is 33.7 Å². The van der Waals surface area contributed by atoms with E-state index in [9.17, 15) is 9.59 Å². The Labute approximate surface area is 216 Å². The second kappa shape index (κ2) is 10.9. The van der Waals surface area contributed by atoms with Gasteiger partial charge in [-0.2, -0.15) is 4.98 Å². The Morgan fingerprint density at radius 3 is 2.74 bits per heavy atom. The Morgan fingerprint density at radius 1 is 1.15 bits per heavy atom. The molecule has 0 saturated carbocycles. The fourth-order valence-corrected chi connectivity index (χ4v) is 5.20. The van der Waals surface area contributed by atoms with Gasteiger partial charge >= 0.3 is 0 Å². The van der Waals surface area contributed by atoms with Crippen molar-refractivity contribution in [2.45, 2.75) is 32.6 Å². The van der Waals surface area contributed by atoms with E-state index in [1.165, 1.54) is 28.3 Å². The first kappa shape index (κ1) is 24.7. The Kier molecular flexibility index (Phi) is 7.93. The summed E-state index contributed by atoms with van der Waals surface area (Å²) in [4.78, 5) is 32.9. The van der Waals surface area contributed by atoms with Crippen LogP contribution in [0.15, 0.2) is 52.3 Å². The summed E-state index contributed by atoms with van der Waals surface area (Å²) >= 11 is 18.9. The molecule has 0 radical (unpaired) electrons. The van der Waals surface area contributed by atoms with Crippen molar-refractivity contribution < 1.29 is 9.53 Å². The third-order valence-corrected chi connectivity index (χ3v) is 7.13. The lowest BCUT2D eigenvalue weighted by molar-refractivity contribution is -0.122. The summed E-state index contributed by atoms with van der Waals surface area (Å²) in [7, 11) is 0. The summed E-state index contributed by atoms with van der Waals surface area (Å²) in [5.41, 5.74) is 0.147. The predicted molar refractivity (Wildman–Crippen MR) is 142 cm³/mol. The van der Waals surface area contributed by atoms with Crippen LogP contribution in [0, 0.1) is 0 Å². The number of hydrogen-bond acceptors (Lipinski definition) is 6. The van der Waals surface area contributed by atoms with Crippen LogP contribution >= 0.6 is 47.2 Å². The Hall–Kier alpha value is -2.39. The average molecular weight is 534 g/mol. The van der Waals surface area contributed by atoms with Gasteiger partial charge < -0.3 is 4.74 Å². The minimum atomic E-state index is -0.376. The molecular formula is C24H21Cl2N3O3S2. The zero-order valence-electron chi connectivity index (χ0n) is 18.3. The standard InChI is InChI=1S/C24H21Cl2N3O3S2/c1-2-3-4-6-12-29-23(31)19(34-24(29)33)14-16-21(32-18-10-9-15(25)13-17(18)26)27-20-8-5-7-11-28(20)22(16)30/h5,7-11,13-14H,2-4,6,12H2,1H3/b19-14+. The molecule has 4 rings (SSSR count). The fraction of sp³-hybridized carbons (Fsp3) is 0.250. The Balaban J connectivity index is 1.74. The number of nitrogens with zero attached hydrogens (tertiary/aromatic N) is 3. The number of thiocarbonyl (C=S) groups is 1. The molecule has 1 saturated heterocycles. The lowest BCUT2D eigenvalue weighted by atomic mass is 10.2. The topological polar surface area (TPSA) is 63.9 Å². The van der Waals surface area contributed by atoms with E-state index in [0.717, 1.165) is 25.7 Å². The first-order valence-electron chi connectivity index (χ1n) is 10.8. The van der Waals surface area contributed by atoms with Crippen molar-refractivity contribution in [3.05, 3.63) is 73.5 Å². The highest BCUT2D eigenvalue weighted by molar-refractivity contribution is 8.26. The molecule has 1 aliphatic rings. The van der Waals surface area contributed by atoms with Crippen molar-refractivity contribution in [3.63, 3.8) is 0 Å². The molecule has 34 heavy (non-hydrogen) atoms. The maximum Gasteiger partial charge on any atom is 0.269 e. The van der Waals surface area contributed by atoms with Gasteiger partial charge in [0.05, 0.1) is 9.93 Å². The normalized spacial score (nSPS) is 15.0. The van der Waals surface area contributed by atoms with Crippen LogP contribution < -0.4 is 10.3 Å². The van der Waals surface area contributed by atoms with Crippen molar-refractivity contribution in [2.24, 2.45) is 0 Å². The molecule has 3 aromatic rings. The highest BCUT2D eigenvalue weighted by atomic mass is 35.5. The van der Waals surface area contributed by atoms with E-state index in [1.54, 1.807) is 41.4 Å². The maximum absolute atomic E-state index is 13.4. The molecule has 0 spiro atoms. The molecule has 0 atom stereocenters. The highest BCUT2D eigenvalue weighted by Gasteiger charge is 2.32. The van der Waals surface area contributed by atoms with E-state index in [4.69, 9.17) is 40.2 Å². The van der Waals surface area contributed by atoms with Gasteiger partial charge in [-0.25, -0.2) is 0 Å². The number of carbonyl (C=O) groups excluding carboxylic acids is 1. The van der Waals surface area contributed by atoms with Gasteiger partial charge in [0.15, 0.2) is 0 Å². The van der Waals surface area contributed by atoms with Crippen molar-refractivity contribution >= 4 is 69.1 Å². The SMILES string of the molecule is CCCCCCN1C(=O)/C(=C\c2c(Oc3ccc(Cl)cc3Cl)nc3ccccn3c2=O)SC1=S. The summed E-state index contributed by atoms with van der Waals surface area (Å²) in [6.45, 7) is 2.69. The largest absolute Gasteiger partial charge is 0.437 e. The number of ether oxygens (including phenoxy) is 1. The van der Waals surface area contributed by atoms with E-state index in [2.05, 4.69) is 11.9 Å². The lowest BCUT2D eigenvalue weighted by Gasteiger charge is -2.14. The Bertz CT molecular complexity index is 1360. The number of amides is 1. The second-order valence-corrected chi connectivity index (χ2v) is 10.2.